The highest BCUT2D eigenvalue weighted by molar-refractivity contribution is 9.10. The molecule has 0 saturated carbocycles. The van der Waals surface area contributed by atoms with Gasteiger partial charge in [-0.1, -0.05) is 5.21 Å². The number of carboxylic acid groups (broad SMARTS) is 1. The smallest absolute Gasteiger partial charge is 0.322 e. The molecule has 20 heavy (non-hydrogen) atoms. The van der Waals surface area contributed by atoms with E-state index in [4.69, 9.17) is 4.74 Å². The first kappa shape index (κ1) is 15.4. The van der Waals surface area contributed by atoms with Crippen molar-refractivity contribution in [3.63, 3.8) is 0 Å². The van der Waals surface area contributed by atoms with Crippen LogP contribution in [0.1, 0.15) is 6.42 Å². The van der Waals surface area contributed by atoms with E-state index in [0.717, 1.165) is 8.99 Å². The lowest BCUT2D eigenvalue weighted by molar-refractivity contribution is -0.140. The quantitative estimate of drug-likeness (QED) is 0.757. The third kappa shape index (κ3) is 2.45. The topological polar surface area (TPSA) is 115 Å². The summed E-state index contributed by atoms with van der Waals surface area (Å²) in [5, 5.41) is 16.2. The fourth-order valence-electron chi connectivity index (χ4n) is 2.14. The molecule has 1 N–H and O–H groups in total. The zero-order chi connectivity index (χ0) is 15.1. The molecule has 0 bridgehead atoms. The molecular weight excluding hydrogens is 356 g/mol. The monoisotopic (exact) mass is 368 g/mol. The molecule has 1 aliphatic rings. The number of hydrogen-bond acceptors (Lipinski definition) is 6. The van der Waals surface area contributed by atoms with Crippen LogP contribution in [0.3, 0.4) is 0 Å². The molecule has 2 unspecified atom stereocenters. The Balaban J connectivity index is 2.45. The Kier molecular flexibility index (Phi) is 4.14. The Labute approximate surface area is 123 Å². The lowest BCUT2D eigenvalue weighted by Gasteiger charge is -2.20. The van der Waals surface area contributed by atoms with E-state index < -0.39 is 28.1 Å². The fourth-order valence-corrected chi connectivity index (χ4v) is 4.80. The predicted molar refractivity (Wildman–Crippen MR) is 69.4 cm³/mol. The van der Waals surface area contributed by atoms with Crippen molar-refractivity contribution in [1.29, 1.82) is 0 Å². The Morgan fingerprint density at radius 3 is 2.65 bits per heavy atom. The van der Waals surface area contributed by atoms with Gasteiger partial charge in [0.15, 0.2) is 4.60 Å². The molecule has 0 spiro atoms. The van der Waals surface area contributed by atoms with Gasteiger partial charge in [-0.15, -0.1) is 5.10 Å². The number of ether oxygens (including phenoxy) is 1. The maximum absolute atomic E-state index is 12.6. The van der Waals surface area contributed by atoms with E-state index in [1.165, 1.54) is 14.2 Å². The molecule has 0 aromatic carbocycles. The van der Waals surface area contributed by atoms with Crippen molar-refractivity contribution in [3.05, 3.63) is 4.60 Å². The van der Waals surface area contributed by atoms with Gasteiger partial charge in [-0.3, -0.25) is 4.79 Å². The van der Waals surface area contributed by atoms with Gasteiger partial charge >= 0.3 is 5.97 Å². The molecule has 1 saturated heterocycles. The lowest BCUT2D eigenvalue weighted by atomic mass is 10.2. The molecule has 0 radical (unpaired) electrons. The van der Waals surface area contributed by atoms with Crippen molar-refractivity contribution in [2.45, 2.75) is 23.6 Å². The highest BCUT2D eigenvalue weighted by Gasteiger charge is 2.46. The maximum atomic E-state index is 12.6. The van der Waals surface area contributed by atoms with E-state index in [-0.39, 0.29) is 22.6 Å². The molecule has 2 rings (SSSR count). The molecule has 11 heteroatoms. The minimum Gasteiger partial charge on any atom is -0.480 e. The van der Waals surface area contributed by atoms with Crippen LogP contribution in [0, 0.1) is 0 Å². The van der Waals surface area contributed by atoms with Gasteiger partial charge in [-0.2, -0.15) is 4.31 Å². The largest absolute Gasteiger partial charge is 0.480 e. The zero-order valence-corrected chi connectivity index (χ0v) is 13.1. The van der Waals surface area contributed by atoms with Crippen LogP contribution in [-0.2, 0) is 26.6 Å². The number of carbonyl (C=O) groups is 1. The van der Waals surface area contributed by atoms with Gasteiger partial charge in [0.1, 0.15) is 6.04 Å². The van der Waals surface area contributed by atoms with Crippen LogP contribution in [0.15, 0.2) is 9.63 Å². The van der Waals surface area contributed by atoms with Gasteiger partial charge in [-0.05, 0) is 15.9 Å². The molecule has 2 heterocycles. The first-order valence-electron chi connectivity index (χ1n) is 5.61. The van der Waals surface area contributed by atoms with Crippen LogP contribution >= 0.6 is 15.9 Å². The summed E-state index contributed by atoms with van der Waals surface area (Å²) in [5.41, 5.74) is 0. The van der Waals surface area contributed by atoms with Crippen LogP contribution in [-0.4, -0.2) is 64.6 Å². The second-order valence-electron chi connectivity index (χ2n) is 4.33. The Bertz CT molecular complexity index is 611. The second-order valence-corrected chi connectivity index (χ2v) is 6.89. The third-order valence-electron chi connectivity index (χ3n) is 3.13. The minimum absolute atomic E-state index is 0.0204. The van der Waals surface area contributed by atoms with Crippen molar-refractivity contribution in [3.8, 4) is 0 Å². The number of aromatic nitrogens is 3. The number of sulfonamides is 1. The molecule has 9 nitrogen and oxygen atoms in total. The van der Waals surface area contributed by atoms with E-state index in [9.17, 15) is 18.3 Å². The van der Waals surface area contributed by atoms with Gasteiger partial charge in [0.05, 0.1) is 6.10 Å². The molecule has 1 aromatic heterocycles. The van der Waals surface area contributed by atoms with Crippen LogP contribution in [0.2, 0.25) is 0 Å². The molecule has 2 atom stereocenters. The van der Waals surface area contributed by atoms with Gasteiger partial charge in [0.2, 0.25) is 5.03 Å². The highest BCUT2D eigenvalue weighted by Crippen LogP contribution is 2.30. The summed E-state index contributed by atoms with van der Waals surface area (Å²) in [6.45, 7) is -0.0204. The molecule has 1 aliphatic heterocycles. The predicted octanol–water partition coefficient (Wildman–Crippen LogP) is -0.560. The van der Waals surface area contributed by atoms with Crippen LogP contribution in [0.5, 0.6) is 0 Å². The van der Waals surface area contributed by atoms with E-state index in [0.29, 0.717) is 0 Å². The number of hydrogen-bond donors (Lipinski definition) is 1. The summed E-state index contributed by atoms with van der Waals surface area (Å²) < 4.78 is 32.3. The highest BCUT2D eigenvalue weighted by atomic mass is 79.9. The SMILES string of the molecule is COC1CC(C(=O)O)N(S(=O)(=O)c2c(Br)nnn2C)C1. The first-order chi connectivity index (χ1) is 9.28. The van der Waals surface area contributed by atoms with Crippen LogP contribution in [0.4, 0.5) is 0 Å². The number of carboxylic acids is 1. The Hall–Kier alpha value is -1.04. The summed E-state index contributed by atoms with van der Waals surface area (Å²) in [7, 11) is -1.19. The average molecular weight is 369 g/mol. The van der Waals surface area contributed by atoms with Gasteiger partial charge < -0.3 is 9.84 Å². The van der Waals surface area contributed by atoms with Crippen molar-refractivity contribution in [2.24, 2.45) is 7.05 Å². The summed E-state index contributed by atoms with van der Waals surface area (Å²) in [6.07, 6.45) is -0.348. The van der Waals surface area contributed by atoms with Crippen molar-refractivity contribution < 1.29 is 23.1 Å². The van der Waals surface area contributed by atoms with Crippen molar-refractivity contribution >= 4 is 31.9 Å². The first-order valence-corrected chi connectivity index (χ1v) is 7.85. The van der Waals surface area contributed by atoms with Gasteiger partial charge in [0, 0.05) is 27.1 Å². The minimum atomic E-state index is -4.03. The number of halogens is 1. The molecule has 0 aliphatic carbocycles. The number of nitrogens with zero attached hydrogens (tertiary/aromatic N) is 4. The standard InChI is InChI=1S/C9H13BrN4O5S/c1-13-8(7(10)11-12-13)20(17,18)14-4-5(19-2)3-6(14)9(15)16/h5-6H,3-4H2,1-2H3,(H,15,16). The average Bonchev–Trinajstić information content (AvgIpc) is 2.93. The number of methoxy groups -OCH3 is 1. The van der Waals surface area contributed by atoms with Crippen molar-refractivity contribution in [1.82, 2.24) is 19.3 Å². The van der Waals surface area contributed by atoms with Crippen molar-refractivity contribution in [2.75, 3.05) is 13.7 Å². The Morgan fingerprint density at radius 2 is 2.20 bits per heavy atom. The fraction of sp³-hybridized carbons (Fsp3) is 0.667. The third-order valence-corrected chi connectivity index (χ3v) is 5.89. The maximum Gasteiger partial charge on any atom is 0.322 e. The van der Waals surface area contributed by atoms with E-state index >= 15 is 0 Å². The molecule has 112 valence electrons. The summed E-state index contributed by atoms with van der Waals surface area (Å²) in [5.74, 6) is -1.21. The van der Waals surface area contributed by atoms with Gasteiger partial charge in [0.25, 0.3) is 10.0 Å². The molecule has 1 fully saturated rings. The van der Waals surface area contributed by atoms with E-state index in [2.05, 4.69) is 26.2 Å². The summed E-state index contributed by atoms with van der Waals surface area (Å²) in [6, 6.07) is -1.16. The lowest BCUT2D eigenvalue weighted by Crippen LogP contribution is -2.41. The van der Waals surface area contributed by atoms with Gasteiger partial charge in [-0.25, -0.2) is 13.1 Å². The Morgan fingerprint density at radius 1 is 1.55 bits per heavy atom. The normalized spacial score (nSPS) is 24.1. The van der Waals surface area contributed by atoms with Crippen LogP contribution < -0.4 is 0 Å². The van der Waals surface area contributed by atoms with E-state index in [1.54, 1.807) is 0 Å². The molecule has 1 aromatic rings. The van der Waals surface area contributed by atoms with E-state index in [1.807, 2.05) is 0 Å². The number of aliphatic carboxylic acids is 1. The second kappa shape index (κ2) is 5.39. The molecule has 0 amide bonds. The summed E-state index contributed by atoms with van der Waals surface area (Å²) >= 11 is 3.01. The molecular formula is C9H13BrN4O5S. The number of rotatable bonds is 4. The summed E-state index contributed by atoms with van der Waals surface area (Å²) in [4.78, 5) is 11.2. The number of aryl methyl sites for hydroxylation is 1. The van der Waals surface area contributed by atoms with Crippen LogP contribution in [0.25, 0.3) is 0 Å². The zero-order valence-electron chi connectivity index (χ0n) is 10.7.